The van der Waals surface area contributed by atoms with E-state index in [9.17, 15) is 9.59 Å². The number of aromatic nitrogens is 3. The van der Waals surface area contributed by atoms with Crippen LogP contribution in [0.4, 0.5) is 4.79 Å². The van der Waals surface area contributed by atoms with Crippen LogP contribution in [0.1, 0.15) is 19.3 Å². The van der Waals surface area contributed by atoms with Gasteiger partial charge in [-0.1, -0.05) is 5.21 Å². The van der Waals surface area contributed by atoms with Crippen molar-refractivity contribution in [1.82, 2.24) is 25.2 Å². The summed E-state index contributed by atoms with van der Waals surface area (Å²) < 4.78 is 1.64. The molecule has 1 unspecified atom stereocenters. The molecule has 0 aliphatic carbocycles. The van der Waals surface area contributed by atoms with Crippen molar-refractivity contribution in [3.8, 4) is 0 Å². The minimum absolute atomic E-state index is 0.0577. The lowest BCUT2D eigenvalue weighted by Crippen LogP contribution is -2.46. The van der Waals surface area contributed by atoms with Crippen LogP contribution in [0.5, 0.6) is 0 Å². The van der Waals surface area contributed by atoms with Crippen molar-refractivity contribution in [3.63, 3.8) is 0 Å². The van der Waals surface area contributed by atoms with Crippen LogP contribution in [0.2, 0.25) is 0 Å². The Morgan fingerprint density at radius 2 is 2.30 bits per heavy atom. The van der Waals surface area contributed by atoms with Gasteiger partial charge in [-0.15, -0.1) is 5.10 Å². The molecule has 1 aromatic heterocycles. The Labute approximate surface area is 116 Å². The van der Waals surface area contributed by atoms with E-state index in [1.165, 1.54) is 0 Å². The van der Waals surface area contributed by atoms with Gasteiger partial charge < -0.3 is 15.3 Å². The number of amides is 2. The molecule has 1 aliphatic heterocycles. The van der Waals surface area contributed by atoms with Crippen LogP contribution < -0.4 is 5.32 Å². The van der Waals surface area contributed by atoms with E-state index in [4.69, 9.17) is 5.11 Å². The van der Waals surface area contributed by atoms with Gasteiger partial charge in [-0.05, 0) is 18.8 Å². The first-order valence-electron chi connectivity index (χ1n) is 6.74. The molecule has 0 aromatic carbocycles. The molecule has 8 heteroatoms. The first-order valence-corrected chi connectivity index (χ1v) is 6.74. The lowest BCUT2D eigenvalue weighted by atomic mass is 9.95. The average Bonchev–Trinajstić information content (AvgIpc) is 2.91. The van der Waals surface area contributed by atoms with Crippen LogP contribution in [0.3, 0.4) is 0 Å². The van der Waals surface area contributed by atoms with Crippen molar-refractivity contribution in [2.24, 2.45) is 5.92 Å². The molecule has 1 aromatic rings. The molecule has 0 radical (unpaired) electrons. The molecule has 110 valence electrons. The van der Waals surface area contributed by atoms with E-state index < -0.39 is 5.97 Å². The van der Waals surface area contributed by atoms with Crippen molar-refractivity contribution in [2.45, 2.75) is 25.8 Å². The van der Waals surface area contributed by atoms with Gasteiger partial charge in [0.2, 0.25) is 0 Å². The predicted molar refractivity (Wildman–Crippen MR) is 70.0 cm³/mol. The number of hydrogen-bond donors (Lipinski definition) is 2. The fourth-order valence-corrected chi connectivity index (χ4v) is 2.40. The average molecular weight is 281 g/mol. The number of carbonyl (C=O) groups excluding carboxylic acids is 1. The van der Waals surface area contributed by atoms with Crippen molar-refractivity contribution in [3.05, 3.63) is 12.4 Å². The van der Waals surface area contributed by atoms with E-state index in [2.05, 4.69) is 15.6 Å². The Kier molecular flexibility index (Phi) is 4.91. The summed E-state index contributed by atoms with van der Waals surface area (Å²) in [6.07, 6.45) is 5.17. The highest BCUT2D eigenvalue weighted by molar-refractivity contribution is 5.74. The number of aliphatic carboxylic acids is 1. The smallest absolute Gasteiger partial charge is 0.317 e. The summed E-state index contributed by atoms with van der Waals surface area (Å²) in [4.78, 5) is 24.4. The van der Waals surface area contributed by atoms with E-state index in [-0.39, 0.29) is 18.4 Å². The van der Waals surface area contributed by atoms with Crippen LogP contribution in [0.25, 0.3) is 0 Å². The van der Waals surface area contributed by atoms with Crippen LogP contribution in [-0.2, 0) is 11.3 Å². The Morgan fingerprint density at radius 1 is 1.45 bits per heavy atom. The maximum atomic E-state index is 12.0. The number of rotatable bonds is 5. The van der Waals surface area contributed by atoms with E-state index in [1.54, 1.807) is 22.0 Å². The number of urea groups is 1. The molecule has 1 fully saturated rings. The molecule has 2 amide bonds. The zero-order valence-electron chi connectivity index (χ0n) is 11.2. The zero-order valence-corrected chi connectivity index (χ0v) is 11.2. The molecule has 0 saturated carbocycles. The quantitative estimate of drug-likeness (QED) is 0.801. The van der Waals surface area contributed by atoms with Crippen LogP contribution in [-0.4, -0.2) is 56.6 Å². The van der Waals surface area contributed by atoms with E-state index in [0.717, 1.165) is 12.8 Å². The first-order chi connectivity index (χ1) is 9.65. The van der Waals surface area contributed by atoms with Gasteiger partial charge in [-0.25, -0.2) is 4.79 Å². The van der Waals surface area contributed by atoms with Gasteiger partial charge in [0.05, 0.1) is 12.7 Å². The summed E-state index contributed by atoms with van der Waals surface area (Å²) in [7, 11) is 0. The molecular weight excluding hydrogens is 262 g/mol. The monoisotopic (exact) mass is 281 g/mol. The van der Waals surface area contributed by atoms with Crippen molar-refractivity contribution in [1.29, 1.82) is 0 Å². The van der Waals surface area contributed by atoms with E-state index >= 15 is 0 Å². The summed E-state index contributed by atoms with van der Waals surface area (Å²) in [6.45, 7) is 2.24. The van der Waals surface area contributed by atoms with Crippen LogP contribution in [0, 0.1) is 5.92 Å². The largest absolute Gasteiger partial charge is 0.481 e. The first kappa shape index (κ1) is 14.3. The molecule has 20 heavy (non-hydrogen) atoms. The number of nitrogens with zero attached hydrogens (tertiary/aromatic N) is 4. The van der Waals surface area contributed by atoms with Crippen LogP contribution >= 0.6 is 0 Å². The summed E-state index contributed by atoms with van der Waals surface area (Å²) in [5, 5.41) is 19.1. The fraction of sp³-hybridized carbons (Fsp3) is 0.667. The third-order valence-corrected chi connectivity index (χ3v) is 3.36. The molecule has 1 atom stereocenters. The summed E-state index contributed by atoms with van der Waals surface area (Å²) in [6, 6.07) is -0.139. The number of piperidine rings is 1. The summed E-state index contributed by atoms with van der Waals surface area (Å²) in [5.74, 6) is -0.745. The number of carbonyl (C=O) groups is 2. The normalized spacial score (nSPS) is 18.8. The number of likely N-dealkylation sites (tertiary alicyclic amines) is 1. The number of hydrogen-bond acceptors (Lipinski definition) is 4. The predicted octanol–water partition coefficient (Wildman–Crippen LogP) is 0.174. The highest BCUT2D eigenvalue weighted by Crippen LogP contribution is 2.19. The Morgan fingerprint density at radius 3 is 3.00 bits per heavy atom. The minimum Gasteiger partial charge on any atom is -0.481 e. The second kappa shape index (κ2) is 6.88. The maximum Gasteiger partial charge on any atom is 0.317 e. The molecule has 0 bridgehead atoms. The van der Waals surface area contributed by atoms with Gasteiger partial charge in [0.25, 0.3) is 0 Å². The fourth-order valence-electron chi connectivity index (χ4n) is 2.40. The number of nitrogens with one attached hydrogen (secondary N) is 1. The Bertz CT molecular complexity index is 448. The van der Waals surface area contributed by atoms with Gasteiger partial charge in [0, 0.05) is 32.3 Å². The third kappa shape index (κ3) is 4.22. The van der Waals surface area contributed by atoms with Crippen molar-refractivity contribution in [2.75, 3.05) is 19.6 Å². The molecule has 1 saturated heterocycles. The van der Waals surface area contributed by atoms with Gasteiger partial charge in [-0.3, -0.25) is 9.48 Å². The highest BCUT2D eigenvalue weighted by atomic mass is 16.4. The molecule has 2 heterocycles. The van der Waals surface area contributed by atoms with Crippen molar-refractivity contribution < 1.29 is 14.7 Å². The second-order valence-corrected chi connectivity index (χ2v) is 4.95. The topological polar surface area (TPSA) is 100 Å². The maximum absolute atomic E-state index is 12.0. The van der Waals surface area contributed by atoms with Gasteiger partial charge in [-0.2, -0.15) is 0 Å². The molecule has 2 rings (SSSR count). The molecule has 1 aliphatic rings. The van der Waals surface area contributed by atoms with Gasteiger partial charge >= 0.3 is 12.0 Å². The van der Waals surface area contributed by atoms with E-state index in [1.807, 2.05) is 0 Å². The molecule has 0 spiro atoms. The lowest BCUT2D eigenvalue weighted by Gasteiger charge is -2.32. The van der Waals surface area contributed by atoms with Crippen LogP contribution in [0.15, 0.2) is 12.4 Å². The van der Waals surface area contributed by atoms with E-state index in [0.29, 0.717) is 26.2 Å². The van der Waals surface area contributed by atoms with Gasteiger partial charge in [0.1, 0.15) is 0 Å². The Balaban J connectivity index is 1.72. The zero-order chi connectivity index (χ0) is 14.4. The molecule has 2 N–H and O–H groups in total. The lowest BCUT2D eigenvalue weighted by molar-refractivity contribution is -0.138. The second-order valence-electron chi connectivity index (χ2n) is 4.95. The molecular formula is C12H19N5O3. The van der Waals surface area contributed by atoms with Crippen molar-refractivity contribution >= 4 is 12.0 Å². The minimum atomic E-state index is -0.802. The highest BCUT2D eigenvalue weighted by Gasteiger charge is 2.24. The third-order valence-electron chi connectivity index (χ3n) is 3.36. The Hall–Kier alpha value is -2.12. The summed E-state index contributed by atoms with van der Waals surface area (Å²) in [5.41, 5.74) is 0. The SMILES string of the molecule is O=C(O)CC1CCCN(C(=O)NCCn2ccnn2)C1. The molecule has 8 nitrogen and oxygen atoms in total. The van der Waals surface area contributed by atoms with Gasteiger partial charge in [0.15, 0.2) is 0 Å². The number of carboxylic acid groups (broad SMARTS) is 1. The summed E-state index contributed by atoms with van der Waals surface area (Å²) >= 11 is 0. The standard InChI is InChI=1S/C12H19N5O3/c18-11(19)8-10-2-1-5-16(9-10)12(20)13-3-6-17-7-4-14-15-17/h4,7,10H,1-3,5-6,8-9H2,(H,13,20)(H,18,19). The number of carboxylic acids is 1.